The standard InChI is InChI=1S/C25H25N5O2S/c1-16-19(14-17-8-3-2-4-9-17)24(32)28-25(26-16)30-22(27-23(31)18-10-5-6-11-18)15-20(29-30)21-12-7-13-33-21/h2-4,7-9,12-13,15,18H,5-6,10-11,14H2,1H3,(H,27,31)(H,26,28,32). The molecule has 1 aliphatic carbocycles. The fourth-order valence-electron chi connectivity index (χ4n) is 4.30. The SMILES string of the molecule is Cc1nc(-n2nc(-c3cccs3)cc2NC(=O)C2CCCC2)[nH]c(=O)c1Cc1ccccc1. The van der Waals surface area contributed by atoms with Gasteiger partial charge in [0.15, 0.2) is 0 Å². The molecule has 1 fully saturated rings. The summed E-state index contributed by atoms with van der Waals surface area (Å²) in [7, 11) is 0. The lowest BCUT2D eigenvalue weighted by molar-refractivity contribution is -0.119. The van der Waals surface area contributed by atoms with E-state index in [1.165, 1.54) is 4.68 Å². The highest BCUT2D eigenvalue weighted by Crippen LogP contribution is 2.30. The van der Waals surface area contributed by atoms with Crippen LogP contribution in [-0.2, 0) is 11.2 Å². The number of thiophene rings is 1. The minimum atomic E-state index is -0.206. The Bertz CT molecular complexity index is 1320. The highest BCUT2D eigenvalue weighted by atomic mass is 32.1. The van der Waals surface area contributed by atoms with Crippen LogP contribution in [0.2, 0.25) is 0 Å². The van der Waals surface area contributed by atoms with Crippen molar-refractivity contribution in [3.05, 3.63) is 81.1 Å². The van der Waals surface area contributed by atoms with E-state index in [1.807, 2.05) is 60.8 Å². The van der Waals surface area contributed by atoms with Gasteiger partial charge in [0.25, 0.3) is 5.56 Å². The summed E-state index contributed by atoms with van der Waals surface area (Å²) >= 11 is 1.57. The second-order valence-electron chi connectivity index (χ2n) is 8.39. The number of H-pyrrole nitrogens is 1. The highest BCUT2D eigenvalue weighted by Gasteiger charge is 2.25. The molecule has 8 heteroatoms. The van der Waals surface area contributed by atoms with Crippen molar-refractivity contribution in [2.45, 2.75) is 39.0 Å². The summed E-state index contributed by atoms with van der Waals surface area (Å²) in [4.78, 5) is 34.4. The van der Waals surface area contributed by atoms with Gasteiger partial charge in [-0.05, 0) is 36.8 Å². The number of aromatic amines is 1. The maximum atomic E-state index is 13.0. The molecule has 3 aromatic heterocycles. The number of amides is 1. The molecule has 33 heavy (non-hydrogen) atoms. The fraction of sp³-hybridized carbons (Fsp3) is 0.280. The van der Waals surface area contributed by atoms with Crippen LogP contribution in [0.25, 0.3) is 16.5 Å². The molecule has 0 spiro atoms. The van der Waals surface area contributed by atoms with Crippen LogP contribution in [0.15, 0.2) is 58.7 Å². The number of nitrogens with one attached hydrogen (secondary N) is 2. The Morgan fingerprint density at radius 1 is 1.18 bits per heavy atom. The van der Waals surface area contributed by atoms with Gasteiger partial charge in [-0.2, -0.15) is 9.78 Å². The molecule has 1 aliphatic rings. The zero-order chi connectivity index (χ0) is 22.8. The average molecular weight is 460 g/mol. The first-order chi connectivity index (χ1) is 16.1. The number of carbonyl (C=O) groups excluding carboxylic acids is 1. The van der Waals surface area contributed by atoms with Crippen LogP contribution in [0.4, 0.5) is 5.82 Å². The minimum Gasteiger partial charge on any atom is -0.310 e. The van der Waals surface area contributed by atoms with Gasteiger partial charge >= 0.3 is 0 Å². The van der Waals surface area contributed by atoms with Gasteiger partial charge in [0.05, 0.1) is 10.6 Å². The predicted octanol–water partition coefficient (Wildman–Crippen LogP) is 4.71. The van der Waals surface area contributed by atoms with Crippen molar-refractivity contribution in [1.29, 1.82) is 0 Å². The van der Waals surface area contributed by atoms with Crippen LogP contribution in [0.1, 0.15) is 42.5 Å². The smallest absolute Gasteiger partial charge is 0.256 e. The number of anilines is 1. The summed E-state index contributed by atoms with van der Waals surface area (Å²) in [6.07, 6.45) is 4.46. The zero-order valence-electron chi connectivity index (χ0n) is 18.4. The van der Waals surface area contributed by atoms with Gasteiger partial charge in [-0.15, -0.1) is 11.3 Å². The van der Waals surface area contributed by atoms with Crippen molar-refractivity contribution in [3.63, 3.8) is 0 Å². The maximum absolute atomic E-state index is 13.0. The van der Waals surface area contributed by atoms with Gasteiger partial charge in [0, 0.05) is 24.0 Å². The van der Waals surface area contributed by atoms with Gasteiger partial charge in [-0.25, -0.2) is 4.98 Å². The second-order valence-corrected chi connectivity index (χ2v) is 9.34. The zero-order valence-corrected chi connectivity index (χ0v) is 19.2. The Labute approximate surface area is 195 Å². The van der Waals surface area contributed by atoms with Crippen molar-refractivity contribution < 1.29 is 4.79 Å². The van der Waals surface area contributed by atoms with Gasteiger partial charge in [0.1, 0.15) is 11.5 Å². The van der Waals surface area contributed by atoms with E-state index in [0.717, 1.165) is 41.8 Å². The van der Waals surface area contributed by atoms with E-state index in [2.05, 4.69) is 20.4 Å². The van der Waals surface area contributed by atoms with Gasteiger partial charge in [-0.3, -0.25) is 14.6 Å². The first-order valence-corrected chi connectivity index (χ1v) is 12.1. The first-order valence-electron chi connectivity index (χ1n) is 11.2. The van der Waals surface area contributed by atoms with E-state index >= 15 is 0 Å². The van der Waals surface area contributed by atoms with Crippen LogP contribution in [0.3, 0.4) is 0 Å². The lowest BCUT2D eigenvalue weighted by Gasteiger charge is -2.12. The Hall–Kier alpha value is -3.52. The highest BCUT2D eigenvalue weighted by molar-refractivity contribution is 7.13. The molecule has 0 aliphatic heterocycles. The number of aryl methyl sites for hydroxylation is 1. The second kappa shape index (κ2) is 9.15. The number of hydrogen-bond acceptors (Lipinski definition) is 5. The van der Waals surface area contributed by atoms with Crippen LogP contribution in [0.5, 0.6) is 0 Å². The molecular weight excluding hydrogens is 434 g/mol. The summed E-state index contributed by atoms with van der Waals surface area (Å²) < 4.78 is 1.53. The lowest BCUT2D eigenvalue weighted by Crippen LogP contribution is -2.24. The number of aromatic nitrogens is 4. The Kier molecular flexibility index (Phi) is 5.92. The van der Waals surface area contributed by atoms with Gasteiger partial charge in [0.2, 0.25) is 11.9 Å². The van der Waals surface area contributed by atoms with E-state index in [4.69, 9.17) is 0 Å². The summed E-state index contributed by atoms with van der Waals surface area (Å²) in [5.74, 6) is 0.805. The maximum Gasteiger partial charge on any atom is 0.256 e. The molecule has 3 heterocycles. The largest absolute Gasteiger partial charge is 0.310 e. The van der Waals surface area contributed by atoms with Crippen LogP contribution < -0.4 is 10.9 Å². The van der Waals surface area contributed by atoms with Crippen LogP contribution >= 0.6 is 11.3 Å². The Morgan fingerprint density at radius 3 is 2.67 bits per heavy atom. The molecule has 7 nitrogen and oxygen atoms in total. The Balaban J connectivity index is 1.52. The van der Waals surface area contributed by atoms with Crippen LogP contribution in [0, 0.1) is 12.8 Å². The minimum absolute atomic E-state index is 0.00820. The molecular formula is C25H25N5O2S. The van der Waals surface area contributed by atoms with Crippen molar-refractivity contribution in [3.8, 4) is 16.5 Å². The molecule has 168 valence electrons. The van der Waals surface area contributed by atoms with Gasteiger partial charge < -0.3 is 5.32 Å². The number of rotatable bonds is 6. The molecule has 1 amide bonds. The molecule has 2 N–H and O–H groups in total. The normalized spacial score (nSPS) is 14.0. The summed E-state index contributed by atoms with van der Waals surface area (Å²) in [5, 5.41) is 9.69. The monoisotopic (exact) mass is 459 g/mol. The van der Waals surface area contributed by atoms with E-state index in [0.29, 0.717) is 29.4 Å². The molecule has 0 unspecified atom stereocenters. The third kappa shape index (κ3) is 4.52. The first kappa shape index (κ1) is 21.3. The van der Waals surface area contributed by atoms with Crippen molar-refractivity contribution >= 4 is 23.1 Å². The molecule has 0 radical (unpaired) electrons. The van der Waals surface area contributed by atoms with Crippen molar-refractivity contribution in [2.75, 3.05) is 5.32 Å². The van der Waals surface area contributed by atoms with Crippen molar-refractivity contribution in [2.24, 2.45) is 5.92 Å². The molecule has 0 bridgehead atoms. The molecule has 0 atom stereocenters. The third-order valence-corrected chi connectivity index (χ3v) is 6.99. The summed E-state index contributed by atoms with van der Waals surface area (Å²) in [5.41, 5.74) is 2.82. The quantitative estimate of drug-likeness (QED) is 0.437. The number of nitrogens with zero attached hydrogens (tertiary/aromatic N) is 3. The third-order valence-electron chi connectivity index (χ3n) is 6.09. The topological polar surface area (TPSA) is 92.7 Å². The molecule has 1 saturated carbocycles. The molecule has 4 aromatic rings. The van der Waals surface area contributed by atoms with E-state index in [-0.39, 0.29) is 17.4 Å². The fourth-order valence-corrected chi connectivity index (χ4v) is 4.98. The van der Waals surface area contributed by atoms with Crippen molar-refractivity contribution in [1.82, 2.24) is 19.7 Å². The summed E-state index contributed by atoms with van der Waals surface area (Å²) in [6.45, 7) is 1.83. The predicted molar refractivity (Wildman–Crippen MR) is 130 cm³/mol. The number of benzene rings is 1. The van der Waals surface area contributed by atoms with E-state index in [1.54, 1.807) is 11.3 Å². The molecule has 5 rings (SSSR count). The Morgan fingerprint density at radius 2 is 1.97 bits per heavy atom. The molecule has 1 aromatic carbocycles. The van der Waals surface area contributed by atoms with Crippen LogP contribution in [-0.4, -0.2) is 25.7 Å². The number of carbonyl (C=O) groups is 1. The van der Waals surface area contributed by atoms with Gasteiger partial charge in [-0.1, -0.05) is 49.2 Å². The molecule has 0 saturated heterocycles. The average Bonchev–Trinajstić information content (AvgIpc) is 3.58. The summed E-state index contributed by atoms with van der Waals surface area (Å²) in [6, 6.07) is 15.6. The van der Waals surface area contributed by atoms with E-state index in [9.17, 15) is 9.59 Å². The number of hydrogen-bond donors (Lipinski definition) is 2. The van der Waals surface area contributed by atoms with E-state index < -0.39 is 0 Å². The lowest BCUT2D eigenvalue weighted by atomic mass is 10.1.